The summed E-state index contributed by atoms with van der Waals surface area (Å²) >= 11 is 0. The van der Waals surface area contributed by atoms with E-state index in [1.54, 1.807) is 35.7 Å². The van der Waals surface area contributed by atoms with Gasteiger partial charge in [-0.05, 0) is 55.7 Å². The molecule has 1 aromatic heterocycles. The standard InChI is InChI=1S/C28H30N2O4S/c1-19-10-13-21(14-11-19)35(32,33)30-16-6-8-25(30)28(23-7-4-5-9-27(23)31)24-18-29(2)26-17-20(34-3)12-15-22(24)26/h4-5,7,9-15,17-18,25,28,31H,6,8,16H2,1-3H3. The fourth-order valence-corrected chi connectivity index (χ4v) is 7.05. The molecule has 2 atom stereocenters. The molecule has 7 heteroatoms. The Balaban J connectivity index is 1.68. The van der Waals surface area contributed by atoms with E-state index in [0.29, 0.717) is 17.9 Å². The Hall–Kier alpha value is -3.29. The minimum atomic E-state index is -3.71. The Bertz CT molecular complexity index is 1470. The molecule has 2 unspecified atom stereocenters. The molecule has 5 rings (SSSR count). The lowest BCUT2D eigenvalue weighted by Gasteiger charge is -2.32. The first kappa shape index (κ1) is 23.5. The third-order valence-corrected chi connectivity index (χ3v) is 9.03. The number of phenolic OH excluding ortho intramolecular Hbond substituents is 1. The van der Waals surface area contributed by atoms with E-state index in [9.17, 15) is 13.5 Å². The Labute approximate surface area is 206 Å². The lowest BCUT2D eigenvalue weighted by molar-refractivity contribution is 0.354. The van der Waals surface area contributed by atoms with Gasteiger partial charge in [0.05, 0.1) is 17.5 Å². The zero-order valence-electron chi connectivity index (χ0n) is 20.2. The van der Waals surface area contributed by atoms with Gasteiger partial charge in [0, 0.05) is 48.8 Å². The lowest BCUT2D eigenvalue weighted by Crippen LogP contribution is -2.39. The summed E-state index contributed by atoms with van der Waals surface area (Å²) in [5.41, 5.74) is 3.72. The molecule has 0 amide bonds. The summed E-state index contributed by atoms with van der Waals surface area (Å²) in [5, 5.41) is 11.9. The number of hydrogen-bond acceptors (Lipinski definition) is 4. The fourth-order valence-electron chi connectivity index (χ4n) is 5.35. The zero-order valence-corrected chi connectivity index (χ0v) is 21.0. The van der Waals surface area contributed by atoms with E-state index < -0.39 is 10.0 Å². The second-order valence-electron chi connectivity index (χ2n) is 9.25. The molecule has 1 N–H and O–H groups in total. The van der Waals surface area contributed by atoms with Crippen LogP contribution in [0.3, 0.4) is 0 Å². The summed E-state index contributed by atoms with van der Waals surface area (Å²) in [6, 6.07) is 19.9. The van der Waals surface area contributed by atoms with E-state index in [1.165, 1.54) is 0 Å². The average molecular weight is 491 g/mol. The van der Waals surface area contributed by atoms with Crippen LogP contribution in [0, 0.1) is 6.92 Å². The minimum Gasteiger partial charge on any atom is -0.508 e. The van der Waals surface area contributed by atoms with E-state index >= 15 is 0 Å². The van der Waals surface area contributed by atoms with Crippen molar-refractivity contribution in [2.24, 2.45) is 7.05 Å². The lowest BCUT2D eigenvalue weighted by atomic mass is 9.83. The molecular weight excluding hydrogens is 460 g/mol. The molecule has 0 aliphatic carbocycles. The van der Waals surface area contributed by atoms with Crippen molar-refractivity contribution in [3.63, 3.8) is 0 Å². The van der Waals surface area contributed by atoms with Crippen molar-refractivity contribution in [1.82, 2.24) is 8.87 Å². The van der Waals surface area contributed by atoms with Crippen molar-refractivity contribution in [2.45, 2.75) is 36.6 Å². The van der Waals surface area contributed by atoms with Crippen molar-refractivity contribution >= 4 is 20.9 Å². The van der Waals surface area contributed by atoms with Crippen LogP contribution in [-0.2, 0) is 17.1 Å². The number of nitrogens with zero attached hydrogens (tertiary/aromatic N) is 2. The van der Waals surface area contributed by atoms with Gasteiger partial charge in [-0.25, -0.2) is 8.42 Å². The molecule has 1 aliphatic heterocycles. The van der Waals surface area contributed by atoms with Gasteiger partial charge in [0.1, 0.15) is 11.5 Å². The highest BCUT2D eigenvalue weighted by molar-refractivity contribution is 7.89. The van der Waals surface area contributed by atoms with Gasteiger partial charge in [0.25, 0.3) is 0 Å². The number of rotatable bonds is 6. The van der Waals surface area contributed by atoms with Gasteiger partial charge in [0.2, 0.25) is 10.0 Å². The number of fused-ring (bicyclic) bond motifs is 1. The molecule has 4 aromatic rings. The Morgan fingerprint density at radius 3 is 2.49 bits per heavy atom. The van der Waals surface area contributed by atoms with Crippen LogP contribution in [-0.4, -0.2) is 42.1 Å². The zero-order chi connectivity index (χ0) is 24.7. The largest absolute Gasteiger partial charge is 0.508 e. The maximum Gasteiger partial charge on any atom is 0.243 e. The molecular formula is C28H30N2O4S. The highest BCUT2D eigenvalue weighted by Crippen LogP contribution is 2.44. The van der Waals surface area contributed by atoms with Gasteiger partial charge in [-0.2, -0.15) is 4.31 Å². The van der Waals surface area contributed by atoms with E-state index in [2.05, 4.69) is 6.20 Å². The molecule has 3 aromatic carbocycles. The number of phenols is 1. The average Bonchev–Trinajstić information content (AvgIpc) is 3.46. The van der Waals surface area contributed by atoms with Gasteiger partial charge in [-0.1, -0.05) is 35.9 Å². The Kier molecular flexibility index (Phi) is 6.07. The van der Waals surface area contributed by atoms with Gasteiger partial charge in [0.15, 0.2) is 0 Å². The van der Waals surface area contributed by atoms with Crippen LogP contribution >= 0.6 is 0 Å². The van der Waals surface area contributed by atoms with Gasteiger partial charge in [-0.15, -0.1) is 0 Å². The highest BCUT2D eigenvalue weighted by Gasteiger charge is 2.42. The third kappa shape index (κ3) is 4.09. The van der Waals surface area contributed by atoms with Crippen LogP contribution < -0.4 is 4.74 Å². The summed E-state index contributed by atoms with van der Waals surface area (Å²) in [7, 11) is -0.0949. The second-order valence-corrected chi connectivity index (χ2v) is 11.1. The number of aromatic hydroxyl groups is 1. The third-order valence-electron chi connectivity index (χ3n) is 7.10. The van der Waals surface area contributed by atoms with Crippen LogP contribution in [0.25, 0.3) is 10.9 Å². The molecule has 1 saturated heterocycles. The number of aryl methyl sites for hydroxylation is 2. The van der Waals surface area contributed by atoms with Gasteiger partial charge >= 0.3 is 0 Å². The predicted octanol–water partition coefficient (Wildman–Crippen LogP) is 5.19. The van der Waals surface area contributed by atoms with E-state index in [1.807, 2.05) is 61.0 Å². The van der Waals surface area contributed by atoms with Crippen LogP contribution in [0.1, 0.15) is 35.4 Å². The summed E-state index contributed by atoms with van der Waals surface area (Å²) in [6.07, 6.45) is 3.52. The quantitative estimate of drug-likeness (QED) is 0.404. The smallest absolute Gasteiger partial charge is 0.243 e. The number of sulfonamides is 1. The molecule has 35 heavy (non-hydrogen) atoms. The first-order chi connectivity index (χ1) is 16.8. The molecule has 0 spiro atoms. The molecule has 1 aliphatic rings. The Morgan fingerprint density at radius 1 is 1.03 bits per heavy atom. The van der Waals surface area contributed by atoms with E-state index in [-0.39, 0.29) is 17.7 Å². The molecule has 1 fully saturated rings. The molecule has 0 saturated carbocycles. The van der Waals surface area contributed by atoms with Crippen LogP contribution in [0.2, 0.25) is 0 Å². The summed E-state index contributed by atoms with van der Waals surface area (Å²) < 4.78 is 36.7. The van der Waals surface area contributed by atoms with Crippen molar-refractivity contribution in [1.29, 1.82) is 0 Å². The van der Waals surface area contributed by atoms with Gasteiger partial charge < -0.3 is 14.4 Å². The summed E-state index contributed by atoms with van der Waals surface area (Å²) in [4.78, 5) is 0.300. The van der Waals surface area contributed by atoms with Crippen molar-refractivity contribution in [3.8, 4) is 11.5 Å². The van der Waals surface area contributed by atoms with Crippen molar-refractivity contribution in [2.75, 3.05) is 13.7 Å². The molecule has 0 radical (unpaired) electrons. The van der Waals surface area contributed by atoms with Crippen molar-refractivity contribution < 1.29 is 18.3 Å². The maximum absolute atomic E-state index is 13.8. The van der Waals surface area contributed by atoms with Crippen LogP contribution in [0.5, 0.6) is 11.5 Å². The van der Waals surface area contributed by atoms with Crippen molar-refractivity contribution in [3.05, 3.63) is 89.6 Å². The molecule has 6 nitrogen and oxygen atoms in total. The number of ether oxygens (including phenoxy) is 1. The number of para-hydroxylation sites is 1. The first-order valence-electron chi connectivity index (χ1n) is 11.8. The van der Waals surface area contributed by atoms with Crippen LogP contribution in [0.15, 0.2) is 77.8 Å². The summed E-state index contributed by atoms with van der Waals surface area (Å²) in [6.45, 7) is 2.39. The van der Waals surface area contributed by atoms with E-state index in [4.69, 9.17) is 4.74 Å². The highest BCUT2D eigenvalue weighted by atomic mass is 32.2. The number of aromatic nitrogens is 1. The predicted molar refractivity (Wildman–Crippen MR) is 138 cm³/mol. The molecule has 2 heterocycles. The SMILES string of the molecule is COc1ccc2c(C(c3ccccc3O)C3CCCN3S(=O)(=O)c3ccc(C)cc3)cn(C)c2c1. The summed E-state index contributed by atoms with van der Waals surface area (Å²) in [5.74, 6) is 0.590. The fraction of sp³-hybridized carbons (Fsp3) is 0.286. The monoisotopic (exact) mass is 490 g/mol. The van der Waals surface area contributed by atoms with E-state index in [0.717, 1.165) is 39.8 Å². The Morgan fingerprint density at radius 2 is 1.77 bits per heavy atom. The second kappa shape index (κ2) is 9.06. The first-order valence-corrected chi connectivity index (χ1v) is 13.2. The number of hydrogen-bond donors (Lipinski definition) is 1. The number of methoxy groups -OCH3 is 1. The normalized spacial score (nSPS) is 17.6. The molecule has 0 bridgehead atoms. The van der Waals surface area contributed by atoms with Crippen LogP contribution in [0.4, 0.5) is 0 Å². The van der Waals surface area contributed by atoms with Gasteiger partial charge in [-0.3, -0.25) is 0 Å². The maximum atomic E-state index is 13.8. The topological polar surface area (TPSA) is 71.8 Å². The minimum absolute atomic E-state index is 0.169. The number of benzene rings is 3. The molecule has 182 valence electrons.